The summed E-state index contributed by atoms with van der Waals surface area (Å²) in [6.45, 7) is 10.3. The van der Waals surface area contributed by atoms with E-state index in [-0.39, 0.29) is 18.7 Å². The summed E-state index contributed by atoms with van der Waals surface area (Å²) in [5, 5.41) is 29.9. The van der Waals surface area contributed by atoms with Gasteiger partial charge in [0.15, 0.2) is 0 Å². The molecule has 2 aliphatic rings. The standard InChI is InChI=1S/C19H34BN5/c1-5-14(2)20(13-21)11-15(3)25(16(4)22)18(23)17-9-19(10-17)7-6-8-24-12-19/h14-15,17,22-24H,5-12H2,1-4H3. The molecule has 2 unspecified atom stereocenters. The van der Waals surface area contributed by atoms with Crippen LogP contribution in [0.15, 0.2) is 0 Å². The van der Waals surface area contributed by atoms with Gasteiger partial charge in [0.2, 0.25) is 0 Å². The fourth-order valence-electron chi connectivity index (χ4n) is 4.67. The summed E-state index contributed by atoms with van der Waals surface area (Å²) in [7, 11) is 0. The van der Waals surface area contributed by atoms with Crippen molar-refractivity contribution in [2.75, 3.05) is 13.1 Å². The lowest BCUT2D eigenvalue weighted by atomic mass is 9.39. The van der Waals surface area contributed by atoms with Crippen LogP contribution in [-0.2, 0) is 0 Å². The van der Waals surface area contributed by atoms with E-state index in [1.54, 1.807) is 6.92 Å². The summed E-state index contributed by atoms with van der Waals surface area (Å²) in [6.07, 6.45) is 6.37. The summed E-state index contributed by atoms with van der Waals surface area (Å²) in [5.41, 5.74) is 0.395. The molecule has 0 aromatic rings. The zero-order chi connectivity index (χ0) is 18.6. The first-order valence-electron chi connectivity index (χ1n) is 9.86. The SMILES string of the molecule is CCC(C)B(C#N)CC(C)N(C(C)=N)C(=N)C1CC2(CCCNC2)C1. The van der Waals surface area contributed by atoms with Crippen LogP contribution in [0.25, 0.3) is 0 Å². The number of hydrogen-bond acceptors (Lipinski definition) is 4. The number of piperidine rings is 1. The summed E-state index contributed by atoms with van der Waals surface area (Å²) in [6, 6.07) is 0.0321. The zero-order valence-electron chi connectivity index (χ0n) is 16.4. The first-order valence-corrected chi connectivity index (χ1v) is 9.86. The fraction of sp³-hybridized carbons (Fsp3) is 0.842. The van der Waals surface area contributed by atoms with Crippen molar-refractivity contribution >= 4 is 18.4 Å². The highest BCUT2D eigenvalue weighted by atomic mass is 15.2. The highest BCUT2D eigenvalue weighted by molar-refractivity contribution is 6.68. The van der Waals surface area contributed by atoms with Crippen molar-refractivity contribution in [2.45, 2.75) is 78.0 Å². The maximum atomic E-state index is 9.49. The Morgan fingerprint density at radius 1 is 1.40 bits per heavy atom. The largest absolute Gasteiger partial charge is 0.317 e. The van der Waals surface area contributed by atoms with Gasteiger partial charge in [0.25, 0.3) is 6.71 Å². The van der Waals surface area contributed by atoms with Gasteiger partial charge in [-0.1, -0.05) is 26.1 Å². The summed E-state index contributed by atoms with van der Waals surface area (Å²) >= 11 is 0. The quantitative estimate of drug-likeness (QED) is 0.390. The van der Waals surface area contributed by atoms with Crippen LogP contribution >= 0.6 is 0 Å². The normalized spacial score (nSPS) is 27.7. The molecule has 0 amide bonds. The maximum Gasteiger partial charge on any atom is 0.272 e. The third-order valence-electron chi connectivity index (χ3n) is 6.46. The predicted octanol–water partition coefficient (Wildman–Crippen LogP) is 3.79. The molecule has 3 N–H and O–H groups in total. The molecule has 6 heteroatoms. The zero-order valence-corrected chi connectivity index (χ0v) is 16.4. The van der Waals surface area contributed by atoms with Gasteiger partial charge >= 0.3 is 0 Å². The van der Waals surface area contributed by atoms with E-state index in [1.165, 1.54) is 12.8 Å². The van der Waals surface area contributed by atoms with E-state index in [9.17, 15) is 5.26 Å². The van der Waals surface area contributed by atoms with Crippen LogP contribution in [0.5, 0.6) is 0 Å². The van der Waals surface area contributed by atoms with E-state index >= 15 is 0 Å². The van der Waals surface area contributed by atoms with Crippen molar-refractivity contribution in [3.8, 4) is 5.97 Å². The van der Waals surface area contributed by atoms with Crippen LogP contribution < -0.4 is 5.32 Å². The molecular formula is C19H34BN5. The molecule has 2 rings (SSSR count). The Labute approximate surface area is 153 Å². The molecular weight excluding hydrogens is 309 g/mol. The van der Waals surface area contributed by atoms with Crippen LogP contribution in [0, 0.1) is 33.4 Å². The van der Waals surface area contributed by atoms with Crippen molar-refractivity contribution in [2.24, 2.45) is 11.3 Å². The Balaban J connectivity index is 1.99. The second-order valence-electron chi connectivity index (χ2n) is 8.43. The number of rotatable bonds is 6. The second-order valence-corrected chi connectivity index (χ2v) is 8.43. The van der Waals surface area contributed by atoms with Gasteiger partial charge in [-0.3, -0.25) is 10.8 Å². The summed E-state index contributed by atoms with van der Waals surface area (Å²) < 4.78 is 0. The van der Waals surface area contributed by atoms with E-state index in [2.05, 4.69) is 32.1 Å². The molecule has 5 nitrogen and oxygen atoms in total. The van der Waals surface area contributed by atoms with E-state index in [0.29, 0.717) is 22.9 Å². The third-order valence-corrected chi connectivity index (χ3v) is 6.46. The van der Waals surface area contributed by atoms with Crippen molar-refractivity contribution in [3.05, 3.63) is 0 Å². The van der Waals surface area contributed by atoms with Crippen LogP contribution in [0.1, 0.15) is 59.8 Å². The van der Waals surface area contributed by atoms with Gasteiger partial charge in [0.1, 0.15) is 5.84 Å². The molecule has 1 aliphatic carbocycles. The highest BCUT2D eigenvalue weighted by Gasteiger charge is 2.47. The third kappa shape index (κ3) is 4.44. The second kappa shape index (κ2) is 8.36. The highest BCUT2D eigenvalue weighted by Crippen LogP contribution is 2.50. The monoisotopic (exact) mass is 343 g/mol. The molecule has 2 atom stereocenters. The van der Waals surface area contributed by atoms with Crippen LogP contribution in [0.3, 0.4) is 0 Å². The van der Waals surface area contributed by atoms with E-state index < -0.39 is 0 Å². The number of hydrogen-bond donors (Lipinski definition) is 3. The smallest absolute Gasteiger partial charge is 0.272 e. The average Bonchev–Trinajstić information content (AvgIpc) is 2.57. The minimum atomic E-state index is -0.00933. The first-order chi connectivity index (χ1) is 11.8. The molecule has 1 spiro atoms. The molecule has 1 saturated heterocycles. The average molecular weight is 343 g/mol. The molecule has 25 heavy (non-hydrogen) atoms. The molecule has 0 radical (unpaired) electrons. The van der Waals surface area contributed by atoms with Gasteiger partial charge in [0, 0.05) is 24.5 Å². The van der Waals surface area contributed by atoms with Gasteiger partial charge < -0.3 is 10.2 Å². The van der Waals surface area contributed by atoms with Gasteiger partial charge in [-0.05, 0) is 57.8 Å². The topological polar surface area (TPSA) is 86.8 Å². The van der Waals surface area contributed by atoms with Gasteiger partial charge in [-0.2, -0.15) is 0 Å². The van der Waals surface area contributed by atoms with E-state index in [4.69, 9.17) is 10.8 Å². The van der Waals surface area contributed by atoms with Crippen LogP contribution in [0.2, 0.25) is 12.1 Å². The molecule has 1 saturated carbocycles. The number of nitrogens with one attached hydrogen (secondary N) is 3. The number of nitrogens with zero attached hydrogens (tertiary/aromatic N) is 2. The van der Waals surface area contributed by atoms with Gasteiger partial charge in [-0.25, -0.2) is 5.26 Å². The van der Waals surface area contributed by atoms with Crippen LogP contribution in [-0.4, -0.2) is 42.4 Å². The molecule has 1 heterocycles. The molecule has 1 aliphatic heterocycles. The number of amidine groups is 2. The lowest BCUT2D eigenvalue weighted by Gasteiger charge is -2.52. The molecule has 138 valence electrons. The van der Waals surface area contributed by atoms with Gasteiger partial charge in [-0.15, -0.1) is 0 Å². The first kappa shape index (κ1) is 20.0. The molecule has 0 aromatic heterocycles. The van der Waals surface area contributed by atoms with Crippen molar-refractivity contribution in [3.63, 3.8) is 0 Å². The van der Waals surface area contributed by atoms with Gasteiger partial charge in [0.05, 0.1) is 5.84 Å². The van der Waals surface area contributed by atoms with E-state index in [1.807, 2.05) is 4.90 Å². The Morgan fingerprint density at radius 2 is 2.08 bits per heavy atom. The lowest BCUT2D eigenvalue weighted by Crippen LogP contribution is -2.55. The molecule has 2 fully saturated rings. The van der Waals surface area contributed by atoms with Crippen molar-refractivity contribution in [1.29, 1.82) is 16.1 Å². The summed E-state index contributed by atoms with van der Waals surface area (Å²) in [5.74, 6) is 4.10. The van der Waals surface area contributed by atoms with Crippen LogP contribution in [0.4, 0.5) is 0 Å². The van der Waals surface area contributed by atoms with E-state index in [0.717, 1.165) is 38.7 Å². The fourth-order valence-corrected chi connectivity index (χ4v) is 4.67. The van der Waals surface area contributed by atoms with Crippen molar-refractivity contribution in [1.82, 2.24) is 10.2 Å². The minimum Gasteiger partial charge on any atom is -0.317 e. The Kier molecular flexibility index (Phi) is 6.68. The lowest BCUT2D eigenvalue weighted by molar-refractivity contribution is 0.0563. The Morgan fingerprint density at radius 3 is 2.56 bits per heavy atom. The summed E-state index contributed by atoms with van der Waals surface area (Å²) in [4.78, 5) is 1.88. The molecule has 0 bridgehead atoms. The Bertz CT molecular complexity index is 526. The maximum absolute atomic E-state index is 9.49. The Hall–Kier alpha value is -1.35. The van der Waals surface area contributed by atoms with Crippen molar-refractivity contribution < 1.29 is 0 Å². The number of nitriles is 1. The predicted molar refractivity (Wildman–Crippen MR) is 106 cm³/mol. The minimum absolute atomic E-state index is 0.00933. The molecule has 0 aromatic carbocycles.